The minimum absolute atomic E-state index is 0.0832. The van der Waals surface area contributed by atoms with Crippen LogP contribution in [0.3, 0.4) is 0 Å². The maximum atomic E-state index is 9.62. The number of rotatable bonds is 2. The van der Waals surface area contributed by atoms with Gasteiger partial charge < -0.3 is 14.7 Å². The van der Waals surface area contributed by atoms with Crippen LogP contribution in [-0.2, 0) is 0 Å². The third kappa shape index (κ3) is 2.41. The standard InChI is InChI=1S/C10H12BrNO2S/c1-12(2)10(15)8-6(11)4-5-7(13)9(8)14-3/h4-5,13H,1-3H3. The number of methoxy groups -OCH3 is 1. The number of nitrogens with zero attached hydrogens (tertiary/aromatic N) is 1. The minimum atomic E-state index is 0.0832. The van der Waals surface area contributed by atoms with E-state index in [0.29, 0.717) is 16.3 Å². The molecule has 0 aliphatic rings. The van der Waals surface area contributed by atoms with E-state index < -0.39 is 0 Å². The smallest absolute Gasteiger partial charge is 0.171 e. The average Bonchev–Trinajstić information content (AvgIpc) is 2.19. The topological polar surface area (TPSA) is 32.7 Å². The second-order valence-corrected chi connectivity index (χ2v) is 4.42. The van der Waals surface area contributed by atoms with Crippen molar-refractivity contribution >= 4 is 33.1 Å². The Balaban J connectivity index is 3.37. The molecule has 5 heteroatoms. The lowest BCUT2D eigenvalue weighted by Gasteiger charge is -2.18. The molecule has 1 aromatic rings. The number of phenolic OH excluding ortho intramolecular Hbond substituents is 1. The highest BCUT2D eigenvalue weighted by Crippen LogP contribution is 2.35. The molecule has 0 bridgehead atoms. The van der Waals surface area contributed by atoms with E-state index in [4.69, 9.17) is 17.0 Å². The zero-order valence-electron chi connectivity index (χ0n) is 8.74. The molecule has 0 saturated carbocycles. The van der Waals surface area contributed by atoms with Crippen molar-refractivity contribution in [1.82, 2.24) is 4.90 Å². The van der Waals surface area contributed by atoms with E-state index in [0.717, 1.165) is 4.47 Å². The van der Waals surface area contributed by atoms with Gasteiger partial charge in [0.05, 0.1) is 12.7 Å². The Morgan fingerprint density at radius 3 is 2.53 bits per heavy atom. The van der Waals surface area contributed by atoms with Gasteiger partial charge in [0.1, 0.15) is 4.99 Å². The molecule has 3 nitrogen and oxygen atoms in total. The Morgan fingerprint density at radius 2 is 2.07 bits per heavy atom. The third-order valence-electron chi connectivity index (χ3n) is 1.91. The summed E-state index contributed by atoms with van der Waals surface area (Å²) in [6.07, 6.45) is 0. The van der Waals surface area contributed by atoms with Crippen LogP contribution in [0.4, 0.5) is 0 Å². The van der Waals surface area contributed by atoms with E-state index in [2.05, 4.69) is 15.9 Å². The molecular formula is C10H12BrNO2S. The van der Waals surface area contributed by atoms with Gasteiger partial charge in [0.25, 0.3) is 0 Å². The Hall–Kier alpha value is -0.810. The molecule has 82 valence electrons. The van der Waals surface area contributed by atoms with Crippen LogP contribution >= 0.6 is 28.1 Å². The number of hydrogen-bond donors (Lipinski definition) is 1. The summed E-state index contributed by atoms with van der Waals surface area (Å²) in [4.78, 5) is 2.40. The molecule has 0 amide bonds. The number of thiocarbonyl (C=S) groups is 1. The first kappa shape index (κ1) is 12.3. The first-order valence-electron chi connectivity index (χ1n) is 4.26. The average molecular weight is 290 g/mol. The zero-order valence-corrected chi connectivity index (χ0v) is 11.1. The number of phenols is 1. The van der Waals surface area contributed by atoms with Gasteiger partial charge in [-0.2, -0.15) is 0 Å². The van der Waals surface area contributed by atoms with Crippen molar-refractivity contribution in [3.05, 3.63) is 22.2 Å². The van der Waals surface area contributed by atoms with E-state index in [1.807, 2.05) is 14.1 Å². The van der Waals surface area contributed by atoms with E-state index in [9.17, 15) is 5.11 Å². The van der Waals surface area contributed by atoms with Gasteiger partial charge in [0, 0.05) is 18.6 Å². The molecule has 0 unspecified atom stereocenters. The van der Waals surface area contributed by atoms with Gasteiger partial charge in [-0.25, -0.2) is 0 Å². The third-order valence-corrected chi connectivity index (χ3v) is 3.14. The molecule has 1 N–H and O–H groups in total. The summed E-state index contributed by atoms with van der Waals surface area (Å²) in [7, 11) is 5.19. The maximum Gasteiger partial charge on any atom is 0.171 e. The molecule has 0 heterocycles. The van der Waals surface area contributed by atoms with Gasteiger partial charge in [-0.3, -0.25) is 0 Å². The van der Waals surface area contributed by atoms with Crippen LogP contribution in [0.5, 0.6) is 11.5 Å². The first-order chi connectivity index (χ1) is 6.99. The highest BCUT2D eigenvalue weighted by Gasteiger charge is 2.17. The Morgan fingerprint density at radius 1 is 1.47 bits per heavy atom. The molecule has 0 aliphatic carbocycles. The van der Waals surface area contributed by atoms with Gasteiger partial charge in [-0.15, -0.1) is 0 Å². The molecule has 0 aliphatic heterocycles. The van der Waals surface area contributed by atoms with Crippen molar-refractivity contribution in [3.8, 4) is 11.5 Å². The lowest BCUT2D eigenvalue weighted by atomic mass is 10.1. The predicted octanol–water partition coefficient (Wildman–Crippen LogP) is 2.40. The van der Waals surface area contributed by atoms with Crippen molar-refractivity contribution in [2.75, 3.05) is 21.2 Å². The molecule has 0 aromatic heterocycles. The highest BCUT2D eigenvalue weighted by atomic mass is 79.9. The second kappa shape index (κ2) is 4.81. The Labute approximate surface area is 103 Å². The number of benzene rings is 1. The molecule has 1 aromatic carbocycles. The SMILES string of the molecule is COc1c(O)ccc(Br)c1C(=S)N(C)C. The molecule has 0 saturated heterocycles. The summed E-state index contributed by atoms with van der Waals surface area (Å²) in [5.41, 5.74) is 0.692. The monoisotopic (exact) mass is 289 g/mol. The molecular weight excluding hydrogens is 278 g/mol. The van der Waals surface area contributed by atoms with Crippen LogP contribution in [0.2, 0.25) is 0 Å². The van der Waals surface area contributed by atoms with Gasteiger partial charge in [0.15, 0.2) is 11.5 Å². The molecule has 0 fully saturated rings. The van der Waals surface area contributed by atoms with E-state index in [-0.39, 0.29) is 5.75 Å². The van der Waals surface area contributed by atoms with Crippen LogP contribution in [0, 0.1) is 0 Å². The molecule has 0 radical (unpaired) electrons. The summed E-state index contributed by atoms with van der Waals surface area (Å²) in [6, 6.07) is 3.30. The van der Waals surface area contributed by atoms with E-state index in [1.165, 1.54) is 7.11 Å². The van der Waals surface area contributed by atoms with E-state index in [1.54, 1.807) is 17.0 Å². The largest absolute Gasteiger partial charge is 0.504 e. The van der Waals surface area contributed by atoms with E-state index >= 15 is 0 Å². The maximum absolute atomic E-state index is 9.62. The van der Waals surface area contributed by atoms with Gasteiger partial charge >= 0.3 is 0 Å². The van der Waals surface area contributed by atoms with Gasteiger partial charge in [0.2, 0.25) is 0 Å². The lowest BCUT2D eigenvalue weighted by Crippen LogP contribution is -2.21. The minimum Gasteiger partial charge on any atom is -0.504 e. The number of halogens is 1. The van der Waals surface area contributed by atoms with Crippen molar-refractivity contribution in [2.24, 2.45) is 0 Å². The van der Waals surface area contributed by atoms with Crippen LogP contribution in [0.1, 0.15) is 5.56 Å². The second-order valence-electron chi connectivity index (χ2n) is 3.17. The van der Waals surface area contributed by atoms with Crippen LogP contribution in [-0.4, -0.2) is 36.2 Å². The molecule has 15 heavy (non-hydrogen) atoms. The lowest BCUT2D eigenvalue weighted by molar-refractivity contribution is 0.372. The summed E-state index contributed by atoms with van der Waals surface area (Å²) in [5, 5.41) is 9.62. The fourth-order valence-electron chi connectivity index (χ4n) is 1.18. The summed E-state index contributed by atoms with van der Waals surface area (Å²) >= 11 is 8.64. The van der Waals surface area contributed by atoms with Gasteiger partial charge in [-0.05, 0) is 28.1 Å². The summed E-state index contributed by atoms with van der Waals surface area (Å²) in [5.74, 6) is 0.475. The van der Waals surface area contributed by atoms with Crippen LogP contribution in [0.15, 0.2) is 16.6 Å². The van der Waals surface area contributed by atoms with Gasteiger partial charge in [-0.1, -0.05) is 12.2 Å². The predicted molar refractivity (Wildman–Crippen MR) is 67.7 cm³/mol. The Kier molecular flexibility index (Phi) is 3.93. The highest BCUT2D eigenvalue weighted by molar-refractivity contribution is 9.10. The fourth-order valence-corrected chi connectivity index (χ4v) is 2.01. The number of aromatic hydroxyl groups is 1. The van der Waals surface area contributed by atoms with Crippen LogP contribution < -0.4 is 4.74 Å². The fraction of sp³-hybridized carbons (Fsp3) is 0.300. The van der Waals surface area contributed by atoms with Crippen molar-refractivity contribution in [3.63, 3.8) is 0 Å². The van der Waals surface area contributed by atoms with Crippen molar-refractivity contribution in [2.45, 2.75) is 0 Å². The Bertz CT molecular complexity index is 393. The molecule has 1 rings (SSSR count). The summed E-state index contributed by atoms with van der Waals surface area (Å²) in [6.45, 7) is 0. The zero-order chi connectivity index (χ0) is 11.6. The van der Waals surface area contributed by atoms with Crippen molar-refractivity contribution in [1.29, 1.82) is 0 Å². The normalized spacial score (nSPS) is 9.87. The molecule has 0 atom stereocenters. The van der Waals surface area contributed by atoms with Crippen molar-refractivity contribution < 1.29 is 9.84 Å². The van der Waals surface area contributed by atoms with Crippen LogP contribution in [0.25, 0.3) is 0 Å². The first-order valence-corrected chi connectivity index (χ1v) is 5.46. The number of hydrogen-bond acceptors (Lipinski definition) is 3. The summed E-state index contributed by atoms with van der Waals surface area (Å²) < 4.78 is 5.94. The number of ether oxygens (including phenoxy) is 1. The molecule has 0 spiro atoms. The quantitative estimate of drug-likeness (QED) is 0.848.